The molecule has 1 N–H and O–H groups in total. The Morgan fingerprint density at radius 1 is 1.32 bits per heavy atom. The molecule has 8 nitrogen and oxygen atoms in total. The van der Waals surface area contributed by atoms with Gasteiger partial charge in [-0.2, -0.15) is 0 Å². The van der Waals surface area contributed by atoms with Crippen molar-refractivity contribution in [3.8, 4) is 0 Å². The molecule has 2 rings (SSSR count). The molecule has 0 bridgehead atoms. The van der Waals surface area contributed by atoms with Crippen molar-refractivity contribution in [1.29, 1.82) is 0 Å². The van der Waals surface area contributed by atoms with Crippen molar-refractivity contribution >= 4 is 11.8 Å². The van der Waals surface area contributed by atoms with Crippen molar-refractivity contribution in [1.82, 2.24) is 19.9 Å². The number of carbonyl (C=O) groups is 1. The van der Waals surface area contributed by atoms with Gasteiger partial charge in [0.2, 0.25) is 5.82 Å². The summed E-state index contributed by atoms with van der Waals surface area (Å²) >= 11 is 0. The van der Waals surface area contributed by atoms with Crippen molar-refractivity contribution in [2.24, 2.45) is 10.3 Å². The second-order valence-corrected chi connectivity index (χ2v) is 6.32. The highest BCUT2D eigenvalue weighted by atomic mass is 16.5. The van der Waals surface area contributed by atoms with Crippen LogP contribution >= 0.6 is 0 Å². The molecule has 140 valence electrons. The Hall–Kier alpha value is -1.96. The van der Waals surface area contributed by atoms with Gasteiger partial charge in [0.25, 0.3) is 0 Å². The summed E-state index contributed by atoms with van der Waals surface area (Å²) < 4.78 is 5.32. The first-order valence-corrected chi connectivity index (χ1v) is 9.23. The number of imidazole rings is 1. The van der Waals surface area contributed by atoms with Crippen LogP contribution in [0.4, 0.5) is 5.82 Å². The molecule has 0 aliphatic heterocycles. The number of H-pyrrole nitrogens is 1. The zero-order chi connectivity index (χ0) is 18.1. The van der Waals surface area contributed by atoms with Crippen LogP contribution in [0.5, 0.6) is 0 Å². The molecular formula is C17H30N6O2. The molecule has 0 atom stereocenters. The first kappa shape index (κ1) is 19.4. The van der Waals surface area contributed by atoms with E-state index in [4.69, 9.17) is 4.74 Å². The number of ether oxygens (including phenoxy) is 1. The van der Waals surface area contributed by atoms with Gasteiger partial charge in [-0.3, -0.25) is 5.01 Å². The summed E-state index contributed by atoms with van der Waals surface area (Å²) in [5.74, 6) is -0.172. The second kappa shape index (κ2) is 10.1. The van der Waals surface area contributed by atoms with E-state index in [1.165, 1.54) is 25.6 Å². The Labute approximate surface area is 149 Å². The van der Waals surface area contributed by atoms with Crippen LogP contribution in [-0.4, -0.2) is 65.2 Å². The number of rotatable bonds is 9. The molecule has 0 spiro atoms. The largest absolute Gasteiger partial charge is 0.460 e. The van der Waals surface area contributed by atoms with E-state index in [1.54, 1.807) is 0 Å². The van der Waals surface area contributed by atoms with Crippen LogP contribution in [0.1, 0.15) is 56.4 Å². The number of nitrogens with one attached hydrogen (secondary N) is 1. The Balaban J connectivity index is 1.88. The predicted molar refractivity (Wildman–Crippen MR) is 95.8 cm³/mol. The zero-order valence-corrected chi connectivity index (χ0v) is 15.6. The van der Waals surface area contributed by atoms with E-state index in [0.29, 0.717) is 19.2 Å². The van der Waals surface area contributed by atoms with Gasteiger partial charge in [0.05, 0.1) is 6.33 Å². The minimum atomic E-state index is -0.445. The number of hydrogen-bond acceptors (Lipinski definition) is 6. The Morgan fingerprint density at radius 2 is 2.04 bits per heavy atom. The molecule has 0 saturated heterocycles. The maximum atomic E-state index is 12.2. The van der Waals surface area contributed by atoms with Crippen molar-refractivity contribution in [3.63, 3.8) is 0 Å². The maximum absolute atomic E-state index is 12.2. The fraction of sp³-hybridized carbons (Fsp3) is 0.765. The highest BCUT2D eigenvalue weighted by molar-refractivity contribution is 5.91. The molecular weight excluding hydrogens is 320 g/mol. The van der Waals surface area contributed by atoms with Gasteiger partial charge in [0, 0.05) is 19.6 Å². The molecule has 1 aromatic heterocycles. The summed E-state index contributed by atoms with van der Waals surface area (Å²) in [7, 11) is 1.92. The molecule has 8 heteroatoms. The van der Waals surface area contributed by atoms with Gasteiger partial charge in [0.15, 0.2) is 5.69 Å². The van der Waals surface area contributed by atoms with Crippen molar-refractivity contribution in [3.05, 3.63) is 12.0 Å². The van der Waals surface area contributed by atoms with E-state index in [-0.39, 0.29) is 11.5 Å². The third kappa shape index (κ3) is 5.81. The number of carbonyl (C=O) groups excluding carboxylic acids is 1. The van der Waals surface area contributed by atoms with Crippen molar-refractivity contribution < 1.29 is 9.53 Å². The first-order valence-electron chi connectivity index (χ1n) is 9.23. The Kier molecular flexibility index (Phi) is 7.84. The lowest BCUT2D eigenvalue weighted by Crippen LogP contribution is -2.28. The van der Waals surface area contributed by atoms with Crippen LogP contribution in [0.2, 0.25) is 0 Å². The molecule has 0 unspecified atom stereocenters. The van der Waals surface area contributed by atoms with Crippen LogP contribution in [0.15, 0.2) is 16.7 Å². The van der Waals surface area contributed by atoms with Gasteiger partial charge < -0.3 is 14.6 Å². The van der Waals surface area contributed by atoms with Gasteiger partial charge in [-0.1, -0.05) is 38.3 Å². The van der Waals surface area contributed by atoms with Gasteiger partial charge in [-0.25, -0.2) is 9.78 Å². The average Bonchev–Trinajstić information content (AvgIpc) is 3.12. The van der Waals surface area contributed by atoms with E-state index in [2.05, 4.69) is 39.1 Å². The number of likely N-dealkylation sites (N-methyl/N-ethyl adjacent to an activating group) is 1. The lowest BCUT2D eigenvalue weighted by molar-refractivity contribution is 0.0461. The minimum absolute atomic E-state index is 0.250. The predicted octanol–water partition coefficient (Wildman–Crippen LogP) is 3.17. The third-order valence-corrected chi connectivity index (χ3v) is 4.74. The van der Waals surface area contributed by atoms with Crippen LogP contribution in [0.3, 0.4) is 0 Å². The van der Waals surface area contributed by atoms with Gasteiger partial charge in [0.1, 0.15) is 6.61 Å². The second-order valence-electron chi connectivity index (χ2n) is 6.32. The fourth-order valence-corrected chi connectivity index (χ4v) is 3.03. The Bertz CT molecular complexity index is 549. The van der Waals surface area contributed by atoms with E-state index in [9.17, 15) is 4.79 Å². The number of aromatic nitrogens is 2. The first-order chi connectivity index (χ1) is 12.2. The lowest BCUT2D eigenvalue weighted by atomic mass is 9.95. The molecule has 1 aliphatic rings. The quantitative estimate of drug-likeness (QED) is 0.420. The van der Waals surface area contributed by atoms with Crippen LogP contribution in [-0.2, 0) is 4.74 Å². The molecule has 0 amide bonds. The smallest absolute Gasteiger partial charge is 0.358 e. The molecule has 1 aromatic rings. The van der Waals surface area contributed by atoms with E-state index >= 15 is 0 Å². The number of esters is 1. The van der Waals surface area contributed by atoms with E-state index < -0.39 is 5.97 Å². The summed E-state index contributed by atoms with van der Waals surface area (Å²) in [5.41, 5.74) is 0.250. The standard InChI is InChI=1S/C17H30N6O2/c1-4-23(5-2)11-12-25-17(24)15-16(19-13-18-15)20-21-22(3)14-9-7-6-8-10-14/h13-14H,4-12H2,1-3H3,(H,18,19)/b21-20+. The number of aromatic amines is 1. The molecule has 0 aromatic carbocycles. The molecule has 1 heterocycles. The number of hydrogen-bond donors (Lipinski definition) is 1. The molecule has 1 fully saturated rings. The summed E-state index contributed by atoms with van der Waals surface area (Å²) in [6.45, 7) is 7.10. The highest BCUT2D eigenvalue weighted by Gasteiger charge is 2.19. The summed E-state index contributed by atoms with van der Waals surface area (Å²) in [5, 5.41) is 10.2. The van der Waals surface area contributed by atoms with Gasteiger partial charge in [-0.15, -0.1) is 5.11 Å². The van der Waals surface area contributed by atoms with Crippen LogP contribution < -0.4 is 0 Å². The lowest BCUT2D eigenvalue weighted by Gasteiger charge is -2.27. The third-order valence-electron chi connectivity index (χ3n) is 4.74. The molecule has 0 radical (unpaired) electrons. The fourth-order valence-electron chi connectivity index (χ4n) is 3.03. The van der Waals surface area contributed by atoms with E-state index in [0.717, 1.165) is 25.9 Å². The van der Waals surface area contributed by atoms with Crippen LogP contribution in [0, 0.1) is 0 Å². The molecule has 1 saturated carbocycles. The van der Waals surface area contributed by atoms with E-state index in [1.807, 2.05) is 12.1 Å². The van der Waals surface area contributed by atoms with Crippen molar-refractivity contribution in [2.75, 3.05) is 33.3 Å². The minimum Gasteiger partial charge on any atom is -0.460 e. The monoisotopic (exact) mass is 350 g/mol. The average molecular weight is 350 g/mol. The topological polar surface area (TPSA) is 86.2 Å². The molecule has 1 aliphatic carbocycles. The maximum Gasteiger partial charge on any atom is 0.358 e. The summed E-state index contributed by atoms with van der Waals surface area (Å²) in [6, 6.07) is 0.418. The molecule has 25 heavy (non-hydrogen) atoms. The summed E-state index contributed by atoms with van der Waals surface area (Å²) in [6.07, 6.45) is 7.47. The Morgan fingerprint density at radius 3 is 2.72 bits per heavy atom. The van der Waals surface area contributed by atoms with Crippen LogP contribution in [0.25, 0.3) is 0 Å². The van der Waals surface area contributed by atoms with Gasteiger partial charge in [-0.05, 0) is 25.9 Å². The number of nitrogens with zero attached hydrogens (tertiary/aromatic N) is 5. The highest BCUT2D eigenvalue weighted by Crippen LogP contribution is 2.23. The van der Waals surface area contributed by atoms with Crippen molar-refractivity contribution in [2.45, 2.75) is 52.0 Å². The zero-order valence-electron chi connectivity index (χ0n) is 15.6. The SMILES string of the molecule is CCN(CC)CCOC(=O)c1[nH]cnc1/N=N/N(C)C1CCCCC1. The van der Waals surface area contributed by atoms with Gasteiger partial charge >= 0.3 is 5.97 Å². The summed E-state index contributed by atoms with van der Waals surface area (Å²) in [4.78, 5) is 21.3. The normalized spacial score (nSPS) is 15.8.